The van der Waals surface area contributed by atoms with Crippen molar-refractivity contribution >= 4 is 29.1 Å². The van der Waals surface area contributed by atoms with E-state index in [0.717, 1.165) is 5.65 Å². The van der Waals surface area contributed by atoms with Crippen LogP contribution in [0.3, 0.4) is 0 Å². The van der Waals surface area contributed by atoms with Crippen LogP contribution in [0, 0.1) is 5.92 Å². The molecule has 7 heteroatoms. The van der Waals surface area contributed by atoms with E-state index in [9.17, 15) is 9.59 Å². The first-order valence-corrected chi connectivity index (χ1v) is 7.61. The van der Waals surface area contributed by atoms with E-state index in [1.807, 2.05) is 16.7 Å². The first kappa shape index (κ1) is 14.8. The van der Waals surface area contributed by atoms with Gasteiger partial charge in [0.1, 0.15) is 5.65 Å². The lowest BCUT2D eigenvalue weighted by Crippen LogP contribution is -2.42. The molecule has 3 rings (SSSR count). The quantitative estimate of drug-likeness (QED) is 0.924. The molecular formula is C15H17ClN4O2. The van der Waals surface area contributed by atoms with Crippen molar-refractivity contribution in [1.82, 2.24) is 14.3 Å². The van der Waals surface area contributed by atoms with Crippen LogP contribution in [0.2, 0.25) is 5.02 Å². The summed E-state index contributed by atoms with van der Waals surface area (Å²) in [5, 5.41) is 0.622. The monoisotopic (exact) mass is 320 g/mol. The van der Waals surface area contributed by atoms with Gasteiger partial charge in [-0.25, -0.2) is 4.98 Å². The first-order chi connectivity index (χ1) is 10.5. The zero-order valence-corrected chi connectivity index (χ0v) is 12.8. The first-order valence-electron chi connectivity index (χ1n) is 7.23. The van der Waals surface area contributed by atoms with Gasteiger partial charge in [0.2, 0.25) is 11.8 Å². The van der Waals surface area contributed by atoms with Gasteiger partial charge in [-0.15, -0.1) is 0 Å². The molecule has 116 valence electrons. The molecule has 0 bridgehead atoms. The number of halogens is 1. The summed E-state index contributed by atoms with van der Waals surface area (Å²) in [4.78, 5) is 29.7. The number of hydrogen-bond donors (Lipinski definition) is 1. The fraction of sp³-hybridized carbons (Fsp3) is 0.400. The Labute approximate surface area is 132 Å². The van der Waals surface area contributed by atoms with Crippen molar-refractivity contribution < 1.29 is 9.59 Å². The third kappa shape index (κ3) is 3.06. The van der Waals surface area contributed by atoms with Gasteiger partial charge in [0.15, 0.2) is 0 Å². The molecule has 0 aliphatic carbocycles. The largest absolute Gasteiger partial charge is 0.369 e. The average molecular weight is 321 g/mol. The smallest absolute Gasteiger partial charge is 0.228 e. The second-order valence-electron chi connectivity index (χ2n) is 5.58. The number of rotatable bonds is 3. The zero-order chi connectivity index (χ0) is 15.7. The Morgan fingerprint density at radius 2 is 2.00 bits per heavy atom. The molecular weight excluding hydrogens is 304 g/mol. The number of aromatic nitrogens is 2. The molecule has 0 radical (unpaired) electrons. The Hall–Kier alpha value is -2.08. The number of amides is 2. The zero-order valence-electron chi connectivity index (χ0n) is 12.0. The number of carbonyl (C=O) groups is 2. The molecule has 2 N–H and O–H groups in total. The van der Waals surface area contributed by atoms with Crippen molar-refractivity contribution in [2.45, 2.75) is 19.3 Å². The maximum absolute atomic E-state index is 12.3. The lowest BCUT2D eigenvalue weighted by Gasteiger charge is -2.30. The highest BCUT2D eigenvalue weighted by Crippen LogP contribution is 2.18. The van der Waals surface area contributed by atoms with E-state index in [-0.39, 0.29) is 24.2 Å². The van der Waals surface area contributed by atoms with E-state index in [0.29, 0.717) is 36.6 Å². The van der Waals surface area contributed by atoms with Gasteiger partial charge in [0.05, 0.1) is 17.1 Å². The molecule has 0 atom stereocenters. The fourth-order valence-electron chi connectivity index (χ4n) is 2.78. The molecule has 0 spiro atoms. The third-order valence-corrected chi connectivity index (χ3v) is 4.27. The Balaban J connectivity index is 1.65. The van der Waals surface area contributed by atoms with Crippen LogP contribution in [0.4, 0.5) is 0 Å². The summed E-state index contributed by atoms with van der Waals surface area (Å²) in [6.45, 7) is 1.15. The van der Waals surface area contributed by atoms with Crippen molar-refractivity contribution in [3.05, 3.63) is 35.2 Å². The van der Waals surface area contributed by atoms with E-state index in [4.69, 9.17) is 17.3 Å². The molecule has 1 saturated heterocycles. The van der Waals surface area contributed by atoms with Crippen LogP contribution in [0.15, 0.2) is 24.5 Å². The number of pyridine rings is 1. The van der Waals surface area contributed by atoms with Crippen LogP contribution in [0.25, 0.3) is 5.65 Å². The molecule has 2 amide bonds. The number of piperidine rings is 1. The normalized spacial score (nSPS) is 16.1. The van der Waals surface area contributed by atoms with E-state index in [2.05, 4.69) is 4.98 Å². The maximum Gasteiger partial charge on any atom is 0.228 e. The fourth-order valence-corrected chi connectivity index (χ4v) is 2.95. The van der Waals surface area contributed by atoms with Gasteiger partial charge >= 0.3 is 0 Å². The van der Waals surface area contributed by atoms with Crippen LogP contribution in [0.1, 0.15) is 18.5 Å². The van der Waals surface area contributed by atoms with E-state index >= 15 is 0 Å². The van der Waals surface area contributed by atoms with Gasteiger partial charge < -0.3 is 15.0 Å². The van der Waals surface area contributed by atoms with Gasteiger partial charge in [-0.2, -0.15) is 0 Å². The number of imidazole rings is 1. The predicted octanol–water partition coefficient (Wildman–Crippen LogP) is 1.25. The second kappa shape index (κ2) is 5.96. The molecule has 6 nitrogen and oxygen atoms in total. The summed E-state index contributed by atoms with van der Waals surface area (Å²) in [7, 11) is 0. The second-order valence-corrected chi connectivity index (χ2v) is 6.02. The van der Waals surface area contributed by atoms with Gasteiger partial charge in [-0.1, -0.05) is 11.6 Å². The maximum atomic E-state index is 12.3. The lowest BCUT2D eigenvalue weighted by molar-refractivity contribution is -0.134. The Morgan fingerprint density at radius 3 is 2.68 bits per heavy atom. The highest BCUT2D eigenvalue weighted by atomic mass is 35.5. The Bertz CT molecular complexity index is 719. The summed E-state index contributed by atoms with van der Waals surface area (Å²) in [6.07, 6.45) is 5.11. The van der Waals surface area contributed by atoms with Crippen molar-refractivity contribution in [1.29, 1.82) is 0 Å². The van der Waals surface area contributed by atoms with Gasteiger partial charge in [-0.3, -0.25) is 9.59 Å². The number of nitrogens with two attached hydrogens (primary N) is 1. The summed E-state index contributed by atoms with van der Waals surface area (Å²) in [5.41, 5.74) is 6.78. The number of likely N-dealkylation sites (tertiary alicyclic amines) is 1. The van der Waals surface area contributed by atoms with Gasteiger partial charge in [-0.05, 0) is 25.0 Å². The SMILES string of the molecule is NC(=O)C1CCN(C(=O)Cc2cn3cc(Cl)ccc3n2)CC1. The predicted molar refractivity (Wildman–Crippen MR) is 82.4 cm³/mol. The number of fused-ring (bicyclic) bond motifs is 1. The number of nitrogens with zero attached hydrogens (tertiary/aromatic N) is 3. The molecule has 2 aromatic rings. The molecule has 22 heavy (non-hydrogen) atoms. The Morgan fingerprint density at radius 1 is 1.27 bits per heavy atom. The standard InChI is InChI=1S/C15H17ClN4O2/c16-11-1-2-13-18-12(9-20(13)8-11)7-14(21)19-5-3-10(4-6-19)15(17)22/h1-2,8-10H,3-7H2,(H2,17,22). The summed E-state index contributed by atoms with van der Waals surface area (Å²) < 4.78 is 1.81. The van der Waals surface area contributed by atoms with Crippen molar-refractivity contribution in [3.63, 3.8) is 0 Å². The number of carbonyl (C=O) groups excluding carboxylic acids is 2. The van der Waals surface area contributed by atoms with Crippen LogP contribution >= 0.6 is 11.6 Å². The molecule has 0 saturated carbocycles. The minimum absolute atomic E-state index is 0.0254. The average Bonchev–Trinajstić information content (AvgIpc) is 2.88. The molecule has 1 aliphatic rings. The van der Waals surface area contributed by atoms with Crippen LogP contribution in [-0.2, 0) is 16.0 Å². The molecule has 2 aromatic heterocycles. The Kier molecular flexibility index (Phi) is 4.02. The van der Waals surface area contributed by atoms with Crippen molar-refractivity contribution in [3.8, 4) is 0 Å². The number of hydrogen-bond acceptors (Lipinski definition) is 3. The lowest BCUT2D eigenvalue weighted by atomic mass is 9.96. The molecule has 3 heterocycles. The minimum Gasteiger partial charge on any atom is -0.369 e. The molecule has 0 unspecified atom stereocenters. The van der Waals surface area contributed by atoms with Crippen molar-refractivity contribution in [2.75, 3.05) is 13.1 Å². The van der Waals surface area contributed by atoms with Crippen LogP contribution in [0.5, 0.6) is 0 Å². The summed E-state index contributed by atoms with van der Waals surface area (Å²) in [5.74, 6) is -0.358. The molecule has 1 aliphatic heterocycles. The highest BCUT2D eigenvalue weighted by molar-refractivity contribution is 6.30. The third-order valence-electron chi connectivity index (χ3n) is 4.05. The van der Waals surface area contributed by atoms with Gasteiger partial charge in [0, 0.05) is 31.4 Å². The summed E-state index contributed by atoms with van der Waals surface area (Å²) in [6, 6.07) is 3.58. The topological polar surface area (TPSA) is 80.7 Å². The van der Waals surface area contributed by atoms with Crippen molar-refractivity contribution in [2.24, 2.45) is 11.7 Å². The molecule has 1 fully saturated rings. The van der Waals surface area contributed by atoms with Crippen LogP contribution < -0.4 is 5.73 Å². The highest BCUT2D eigenvalue weighted by Gasteiger charge is 2.26. The summed E-state index contributed by atoms with van der Waals surface area (Å²) >= 11 is 5.93. The van der Waals surface area contributed by atoms with Crippen LogP contribution in [-0.4, -0.2) is 39.2 Å². The van der Waals surface area contributed by atoms with E-state index in [1.54, 1.807) is 17.2 Å². The van der Waals surface area contributed by atoms with Gasteiger partial charge in [0.25, 0.3) is 0 Å². The number of primary amides is 1. The molecule has 0 aromatic carbocycles. The minimum atomic E-state index is -0.274. The van der Waals surface area contributed by atoms with E-state index < -0.39 is 0 Å². The van der Waals surface area contributed by atoms with E-state index in [1.165, 1.54) is 0 Å².